The number of benzene rings is 2. The summed E-state index contributed by atoms with van der Waals surface area (Å²) in [5.74, 6) is -0.921. The van der Waals surface area contributed by atoms with Gasteiger partial charge in [0.15, 0.2) is 5.60 Å². The van der Waals surface area contributed by atoms with Gasteiger partial charge in [0.2, 0.25) is 0 Å². The van der Waals surface area contributed by atoms with Gasteiger partial charge in [-0.15, -0.1) is 0 Å². The molecule has 1 atom stereocenters. The zero-order valence-electron chi connectivity index (χ0n) is 13.9. The molecule has 2 aromatic rings. The van der Waals surface area contributed by atoms with Crippen molar-refractivity contribution in [3.8, 4) is 0 Å². The zero-order valence-corrected chi connectivity index (χ0v) is 13.9. The van der Waals surface area contributed by atoms with Crippen molar-refractivity contribution in [1.82, 2.24) is 0 Å². The van der Waals surface area contributed by atoms with Gasteiger partial charge >= 0.3 is 5.97 Å². The van der Waals surface area contributed by atoms with Gasteiger partial charge in [0.25, 0.3) is 5.91 Å². The van der Waals surface area contributed by atoms with Crippen molar-refractivity contribution >= 4 is 17.6 Å². The van der Waals surface area contributed by atoms with Crippen molar-refractivity contribution < 1.29 is 19.4 Å². The Hall–Kier alpha value is -2.92. The number of anilines is 1. The number of amides is 1. The lowest BCUT2D eigenvalue weighted by atomic mass is 9.92. The smallest absolute Gasteiger partial charge is 0.330 e. The van der Waals surface area contributed by atoms with Crippen molar-refractivity contribution in [2.45, 2.75) is 18.6 Å². The molecule has 0 aromatic heterocycles. The van der Waals surface area contributed by atoms with Gasteiger partial charge in [-0.3, -0.25) is 4.79 Å². The van der Waals surface area contributed by atoms with Crippen LogP contribution in [0.2, 0.25) is 0 Å². The highest BCUT2D eigenvalue weighted by Gasteiger charge is 2.47. The van der Waals surface area contributed by atoms with Crippen LogP contribution in [0.5, 0.6) is 0 Å². The topological polar surface area (TPSA) is 66.8 Å². The predicted octanol–water partition coefficient (Wildman–Crippen LogP) is 2.54. The average molecular weight is 337 g/mol. The lowest BCUT2D eigenvalue weighted by Gasteiger charge is -2.19. The van der Waals surface area contributed by atoms with E-state index in [1.165, 1.54) is 17.1 Å². The fraction of sp³-hybridized carbons (Fsp3) is 0.200. The van der Waals surface area contributed by atoms with E-state index in [1.54, 1.807) is 25.2 Å². The molecule has 0 bridgehead atoms. The van der Waals surface area contributed by atoms with Crippen molar-refractivity contribution in [2.24, 2.45) is 0 Å². The number of fused-ring (bicyclic) bond motifs is 1. The summed E-state index contributed by atoms with van der Waals surface area (Å²) in [6, 6.07) is 16.4. The van der Waals surface area contributed by atoms with E-state index >= 15 is 0 Å². The van der Waals surface area contributed by atoms with Gasteiger partial charge in [0, 0.05) is 25.1 Å². The van der Waals surface area contributed by atoms with Gasteiger partial charge in [-0.05, 0) is 11.6 Å². The largest absolute Gasteiger partial charge is 0.458 e. The second-order valence-corrected chi connectivity index (χ2v) is 5.94. The number of aliphatic hydroxyl groups is 1. The molecule has 25 heavy (non-hydrogen) atoms. The highest BCUT2D eigenvalue weighted by Crippen LogP contribution is 2.41. The van der Waals surface area contributed by atoms with Crippen LogP contribution < -0.4 is 4.90 Å². The maximum absolute atomic E-state index is 12.4. The van der Waals surface area contributed by atoms with Crippen LogP contribution in [0.15, 0.2) is 66.7 Å². The molecule has 1 amide bonds. The summed E-state index contributed by atoms with van der Waals surface area (Å²) in [6.07, 6.45) is 2.73. The number of nitrogens with zero attached hydrogens (tertiary/aromatic N) is 1. The molecule has 128 valence electrons. The first kappa shape index (κ1) is 16.9. The minimum atomic E-state index is -1.65. The summed E-state index contributed by atoms with van der Waals surface area (Å²) in [4.78, 5) is 25.6. The minimum Gasteiger partial charge on any atom is -0.458 e. The third-order valence-electron chi connectivity index (χ3n) is 4.26. The second-order valence-electron chi connectivity index (χ2n) is 5.94. The number of likely N-dealkylation sites (N-methyl/N-ethyl adjacent to an activating group) is 1. The molecule has 3 rings (SSSR count). The first-order valence-corrected chi connectivity index (χ1v) is 7.99. The van der Waals surface area contributed by atoms with Crippen molar-refractivity contribution in [2.75, 3.05) is 11.9 Å². The molecule has 1 heterocycles. The number of rotatable bonds is 5. The van der Waals surface area contributed by atoms with Crippen molar-refractivity contribution in [3.63, 3.8) is 0 Å². The number of carbonyl (C=O) groups is 2. The molecular formula is C20H19NO4. The maximum Gasteiger partial charge on any atom is 0.330 e. The van der Waals surface area contributed by atoms with Crippen LogP contribution in [-0.4, -0.2) is 24.0 Å². The standard InChI is InChI=1S/C20H19NO4/c1-21-17-11-6-5-10-16(17)20(24,19(21)23)13-7-12-18(22)25-14-15-8-3-2-4-9-15/h2-12,24H,13-14H2,1H3/b12-7+/t20-/m0/s1. The highest BCUT2D eigenvalue weighted by molar-refractivity contribution is 6.06. The van der Waals surface area contributed by atoms with Gasteiger partial charge < -0.3 is 14.7 Å². The Morgan fingerprint density at radius 3 is 2.60 bits per heavy atom. The Kier molecular flexibility index (Phi) is 4.67. The SMILES string of the molecule is CN1C(=O)[C@](O)(C/C=C/C(=O)OCc2ccccc2)c2ccccc21. The average Bonchev–Trinajstić information content (AvgIpc) is 2.83. The van der Waals surface area contributed by atoms with E-state index in [9.17, 15) is 14.7 Å². The molecule has 0 saturated heterocycles. The van der Waals surface area contributed by atoms with Crippen LogP contribution in [0.4, 0.5) is 5.69 Å². The maximum atomic E-state index is 12.4. The van der Waals surface area contributed by atoms with Crippen LogP contribution in [0, 0.1) is 0 Å². The molecule has 0 aliphatic carbocycles. The monoisotopic (exact) mass is 337 g/mol. The first-order valence-electron chi connectivity index (χ1n) is 7.99. The van der Waals surface area contributed by atoms with Crippen LogP contribution in [0.25, 0.3) is 0 Å². The summed E-state index contributed by atoms with van der Waals surface area (Å²) >= 11 is 0. The number of esters is 1. The number of hydrogen-bond acceptors (Lipinski definition) is 4. The van der Waals surface area contributed by atoms with Crippen LogP contribution in [-0.2, 0) is 26.5 Å². The fourth-order valence-electron chi connectivity index (χ4n) is 2.92. The van der Waals surface area contributed by atoms with Crippen LogP contribution in [0.3, 0.4) is 0 Å². The number of hydrogen-bond donors (Lipinski definition) is 1. The Labute approximate surface area is 146 Å². The molecular weight excluding hydrogens is 318 g/mol. The molecule has 5 heteroatoms. The van der Waals surface area contributed by atoms with E-state index in [1.807, 2.05) is 36.4 Å². The summed E-state index contributed by atoms with van der Waals surface area (Å²) in [5, 5.41) is 10.8. The Bertz CT molecular complexity index is 815. The van der Waals surface area contributed by atoms with Gasteiger partial charge in [0.1, 0.15) is 6.61 Å². The van der Waals surface area contributed by atoms with Crippen molar-refractivity contribution in [1.29, 1.82) is 0 Å². The Balaban J connectivity index is 1.63. The summed E-state index contributed by atoms with van der Waals surface area (Å²) < 4.78 is 5.14. The molecule has 1 aliphatic rings. The normalized spacial score (nSPS) is 19.3. The Morgan fingerprint density at radius 2 is 1.84 bits per heavy atom. The molecule has 0 unspecified atom stereocenters. The molecule has 0 spiro atoms. The molecule has 1 N–H and O–H groups in total. The van der Waals surface area contributed by atoms with E-state index in [-0.39, 0.29) is 13.0 Å². The van der Waals surface area contributed by atoms with Gasteiger partial charge in [-0.25, -0.2) is 4.79 Å². The summed E-state index contributed by atoms with van der Waals surface area (Å²) in [7, 11) is 1.62. The molecule has 2 aromatic carbocycles. The van der Waals surface area contributed by atoms with Crippen LogP contribution >= 0.6 is 0 Å². The van der Waals surface area contributed by atoms with Crippen molar-refractivity contribution in [3.05, 3.63) is 77.9 Å². The number of para-hydroxylation sites is 1. The molecule has 5 nitrogen and oxygen atoms in total. The number of ether oxygens (including phenoxy) is 1. The minimum absolute atomic E-state index is 0.00756. The second kappa shape index (κ2) is 6.91. The number of carbonyl (C=O) groups excluding carboxylic acids is 2. The zero-order chi connectivity index (χ0) is 17.9. The molecule has 0 saturated carbocycles. The van der Waals surface area contributed by atoms with E-state index in [0.717, 1.165) is 5.56 Å². The van der Waals surface area contributed by atoms with Crippen LogP contribution in [0.1, 0.15) is 17.5 Å². The molecule has 0 fully saturated rings. The third kappa shape index (κ3) is 3.32. The van der Waals surface area contributed by atoms with E-state index in [0.29, 0.717) is 11.3 Å². The van der Waals surface area contributed by atoms with Gasteiger partial charge in [-0.1, -0.05) is 54.6 Å². The third-order valence-corrected chi connectivity index (χ3v) is 4.26. The molecule has 1 aliphatic heterocycles. The lowest BCUT2D eigenvalue weighted by Crippen LogP contribution is -2.38. The van der Waals surface area contributed by atoms with Gasteiger partial charge in [-0.2, -0.15) is 0 Å². The highest BCUT2D eigenvalue weighted by atomic mass is 16.5. The Morgan fingerprint density at radius 1 is 1.16 bits per heavy atom. The molecule has 0 radical (unpaired) electrons. The van der Waals surface area contributed by atoms with E-state index in [2.05, 4.69) is 0 Å². The van der Waals surface area contributed by atoms with E-state index in [4.69, 9.17) is 4.74 Å². The quantitative estimate of drug-likeness (QED) is 0.672. The van der Waals surface area contributed by atoms with Gasteiger partial charge in [0.05, 0.1) is 5.69 Å². The fourth-order valence-corrected chi connectivity index (χ4v) is 2.92. The first-order chi connectivity index (χ1) is 12.0. The predicted molar refractivity (Wildman–Crippen MR) is 93.7 cm³/mol. The lowest BCUT2D eigenvalue weighted by molar-refractivity contribution is -0.139. The summed E-state index contributed by atoms with van der Waals surface area (Å²) in [5.41, 5.74) is 0.464. The summed E-state index contributed by atoms with van der Waals surface area (Å²) in [6.45, 7) is 0.179. The van der Waals surface area contributed by atoms with E-state index < -0.39 is 17.5 Å².